The Balaban J connectivity index is 2.14. The Morgan fingerprint density at radius 2 is 2.08 bits per heavy atom. The Bertz CT molecular complexity index is 398. The maximum Gasteiger partial charge on any atom is 0.131 e. The number of nitrogens with zero attached hydrogens (tertiary/aromatic N) is 2. The van der Waals surface area contributed by atoms with Crippen LogP contribution in [0.1, 0.15) is 11.6 Å². The summed E-state index contributed by atoms with van der Waals surface area (Å²) in [4.78, 5) is 13.8. The fourth-order valence-corrected chi connectivity index (χ4v) is 0.963. The molecule has 0 aliphatic carbocycles. The zero-order chi connectivity index (χ0) is 9.10. The second-order valence-corrected chi connectivity index (χ2v) is 2.53. The standard InChI is InChI=1S/C8H9N5/c9-6-5-12-8(13-6)2-1-7-10-3-4-11-7/h1-5H,9H2,(H,10,11)(H,12,13)/b2-1+. The van der Waals surface area contributed by atoms with Crippen molar-refractivity contribution in [2.24, 2.45) is 0 Å². The minimum atomic E-state index is 0.555. The molecule has 4 N–H and O–H groups in total. The molecule has 0 amide bonds. The molecule has 2 aromatic rings. The first kappa shape index (κ1) is 7.60. The average Bonchev–Trinajstić information content (AvgIpc) is 2.71. The minimum Gasteiger partial charge on any atom is -0.384 e. The van der Waals surface area contributed by atoms with Crippen molar-refractivity contribution in [2.75, 3.05) is 5.73 Å². The zero-order valence-corrected chi connectivity index (χ0v) is 6.86. The van der Waals surface area contributed by atoms with Gasteiger partial charge in [0.1, 0.15) is 17.5 Å². The molecule has 5 heteroatoms. The van der Waals surface area contributed by atoms with Crippen molar-refractivity contribution in [3.05, 3.63) is 30.2 Å². The van der Waals surface area contributed by atoms with E-state index in [1.165, 1.54) is 0 Å². The number of aromatic amines is 2. The summed E-state index contributed by atoms with van der Waals surface area (Å²) >= 11 is 0. The Morgan fingerprint density at radius 3 is 2.69 bits per heavy atom. The molecule has 0 fully saturated rings. The van der Waals surface area contributed by atoms with Crippen LogP contribution in [0.4, 0.5) is 5.82 Å². The molecule has 0 unspecified atom stereocenters. The van der Waals surface area contributed by atoms with E-state index in [4.69, 9.17) is 5.73 Å². The van der Waals surface area contributed by atoms with Crippen molar-refractivity contribution in [1.29, 1.82) is 0 Å². The Labute approximate surface area is 74.7 Å². The Hall–Kier alpha value is -2.04. The van der Waals surface area contributed by atoms with E-state index < -0.39 is 0 Å². The fraction of sp³-hybridized carbons (Fsp3) is 0. The lowest BCUT2D eigenvalue weighted by molar-refractivity contribution is 1.25. The maximum atomic E-state index is 5.45. The number of H-pyrrole nitrogens is 2. The van der Waals surface area contributed by atoms with Gasteiger partial charge in [0.15, 0.2) is 0 Å². The van der Waals surface area contributed by atoms with E-state index >= 15 is 0 Å². The van der Waals surface area contributed by atoms with Crippen LogP contribution in [0.5, 0.6) is 0 Å². The first-order valence-corrected chi connectivity index (χ1v) is 3.82. The number of rotatable bonds is 2. The molecular weight excluding hydrogens is 166 g/mol. The van der Waals surface area contributed by atoms with E-state index in [1.807, 2.05) is 6.08 Å². The molecule has 0 saturated carbocycles. The number of hydrogen-bond acceptors (Lipinski definition) is 3. The highest BCUT2D eigenvalue weighted by Gasteiger charge is 1.92. The SMILES string of the molecule is Nc1cnc(/C=C/c2ncc[nH]2)[nH]1. The number of nitrogens with two attached hydrogens (primary N) is 1. The molecule has 0 spiro atoms. The van der Waals surface area contributed by atoms with Gasteiger partial charge in [0.25, 0.3) is 0 Å². The Morgan fingerprint density at radius 1 is 1.23 bits per heavy atom. The van der Waals surface area contributed by atoms with E-state index in [-0.39, 0.29) is 0 Å². The van der Waals surface area contributed by atoms with Crippen LogP contribution in [0.2, 0.25) is 0 Å². The van der Waals surface area contributed by atoms with Crippen molar-refractivity contribution in [3.8, 4) is 0 Å². The summed E-state index contributed by atoms with van der Waals surface area (Å²) in [6.45, 7) is 0. The van der Waals surface area contributed by atoms with Crippen LogP contribution in [-0.4, -0.2) is 19.9 Å². The molecule has 0 saturated heterocycles. The van der Waals surface area contributed by atoms with Gasteiger partial charge in [0.05, 0.1) is 6.20 Å². The largest absolute Gasteiger partial charge is 0.384 e. The summed E-state index contributed by atoms with van der Waals surface area (Å²) in [6.07, 6.45) is 8.64. The van der Waals surface area contributed by atoms with Crippen LogP contribution in [0.3, 0.4) is 0 Å². The monoisotopic (exact) mass is 175 g/mol. The lowest BCUT2D eigenvalue weighted by Gasteiger charge is -1.83. The van der Waals surface area contributed by atoms with Gasteiger partial charge >= 0.3 is 0 Å². The Kier molecular flexibility index (Phi) is 1.84. The highest BCUT2D eigenvalue weighted by atomic mass is 15.0. The second kappa shape index (κ2) is 3.14. The molecule has 0 aromatic carbocycles. The highest BCUT2D eigenvalue weighted by Crippen LogP contribution is 2.02. The van der Waals surface area contributed by atoms with Crippen LogP contribution in [-0.2, 0) is 0 Å². The van der Waals surface area contributed by atoms with E-state index in [2.05, 4.69) is 19.9 Å². The highest BCUT2D eigenvalue weighted by molar-refractivity contribution is 5.63. The van der Waals surface area contributed by atoms with Gasteiger partial charge in [-0.3, -0.25) is 0 Å². The summed E-state index contributed by atoms with van der Waals surface area (Å²) < 4.78 is 0. The molecule has 13 heavy (non-hydrogen) atoms. The van der Waals surface area contributed by atoms with Crippen molar-refractivity contribution >= 4 is 18.0 Å². The van der Waals surface area contributed by atoms with Gasteiger partial charge in [0, 0.05) is 12.4 Å². The molecule has 0 aliphatic heterocycles. The molecule has 0 radical (unpaired) electrons. The molecule has 66 valence electrons. The van der Waals surface area contributed by atoms with E-state index in [1.54, 1.807) is 24.7 Å². The maximum absolute atomic E-state index is 5.45. The van der Waals surface area contributed by atoms with Gasteiger partial charge in [-0.2, -0.15) is 0 Å². The molecule has 0 bridgehead atoms. The third-order valence-electron chi connectivity index (χ3n) is 1.53. The summed E-state index contributed by atoms with van der Waals surface area (Å²) in [5, 5.41) is 0. The van der Waals surface area contributed by atoms with Crippen molar-refractivity contribution < 1.29 is 0 Å². The third-order valence-corrected chi connectivity index (χ3v) is 1.53. The smallest absolute Gasteiger partial charge is 0.131 e. The molecule has 5 nitrogen and oxygen atoms in total. The topological polar surface area (TPSA) is 83.4 Å². The van der Waals surface area contributed by atoms with Crippen molar-refractivity contribution in [2.45, 2.75) is 0 Å². The summed E-state index contributed by atoms with van der Waals surface area (Å²) in [7, 11) is 0. The first-order valence-electron chi connectivity index (χ1n) is 3.82. The predicted octanol–water partition coefficient (Wildman–Crippen LogP) is 0.885. The van der Waals surface area contributed by atoms with Crippen LogP contribution < -0.4 is 5.73 Å². The van der Waals surface area contributed by atoms with Gasteiger partial charge in [-0.15, -0.1) is 0 Å². The van der Waals surface area contributed by atoms with Crippen LogP contribution in [0, 0.1) is 0 Å². The van der Waals surface area contributed by atoms with Gasteiger partial charge in [0.2, 0.25) is 0 Å². The molecule has 0 aliphatic rings. The first-order chi connectivity index (χ1) is 6.34. The lowest BCUT2D eigenvalue weighted by atomic mass is 10.4. The summed E-state index contributed by atoms with van der Waals surface area (Å²) in [6, 6.07) is 0. The molecule has 0 atom stereocenters. The van der Waals surface area contributed by atoms with Crippen LogP contribution >= 0.6 is 0 Å². The van der Waals surface area contributed by atoms with E-state index in [0.717, 1.165) is 5.82 Å². The zero-order valence-electron chi connectivity index (χ0n) is 6.86. The summed E-state index contributed by atoms with van der Waals surface area (Å²) in [5.74, 6) is 2.06. The number of imidazole rings is 2. The van der Waals surface area contributed by atoms with Crippen molar-refractivity contribution in [1.82, 2.24) is 19.9 Å². The number of nitrogen functional groups attached to an aromatic ring is 1. The normalized spacial score (nSPS) is 11.1. The lowest BCUT2D eigenvalue weighted by Crippen LogP contribution is -1.82. The average molecular weight is 175 g/mol. The fourth-order valence-electron chi connectivity index (χ4n) is 0.963. The second-order valence-electron chi connectivity index (χ2n) is 2.53. The minimum absolute atomic E-state index is 0.555. The van der Waals surface area contributed by atoms with E-state index in [0.29, 0.717) is 11.6 Å². The third kappa shape index (κ3) is 1.76. The molecular formula is C8H9N5. The van der Waals surface area contributed by atoms with Crippen LogP contribution in [0.15, 0.2) is 18.6 Å². The van der Waals surface area contributed by atoms with Gasteiger partial charge in [-0.25, -0.2) is 9.97 Å². The number of nitrogens with one attached hydrogen (secondary N) is 2. The summed E-state index contributed by atoms with van der Waals surface area (Å²) in [5.41, 5.74) is 5.45. The predicted molar refractivity (Wildman–Crippen MR) is 50.5 cm³/mol. The van der Waals surface area contributed by atoms with Gasteiger partial charge in [-0.05, 0) is 12.2 Å². The van der Waals surface area contributed by atoms with Crippen molar-refractivity contribution in [3.63, 3.8) is 0 Å². The molecule has 2 heterocycles. The van der Waals surface area contributed by atoms with E-state index in [9.17, 15) is 0 Å². The van der Waals surface area contributed by atoms with Gasteiger partial charge < -0.3 is 15.7 Å². The molecule has 2 rings (SSSR count). The van der Waals surface area contributed by atoms with Gasteiger partial charge in [-0.1, -0.05) is 0 Å². The quantitative estimate of drug-likeness (QED) is 0.633. The number of anilines is 1. The number of hydrogen-bond donors (Lipinski definition) is 3. The number of aromatic nitrogens is 4. The molecule has 2 aromatic heterocycles. The van der Waals surface area contributed by atoms with Crippen LogP contribution in [0.25, 0.3) is 12.2 Å².